The van der Waals surface area contributed by atoms with E-state index >= 15 is 0 Å². The number of hydrazone groups is 1. The summed E-state index contributed by atoms with van der Waals surface area (Å²) in [6, 6.07) is 2.75. The van der Waals surface area contributed by atoms with E-state index in [4.69, 9.17) is 0 Å². The fraction of sp³-hybridized carbons (Fsp3) is 0.524. The number of carbonyl (C=O) groups is 2. The lowest BCUT2D eigenvalue weighted by Gasteiger charge is -2.32. The highest BCUT2D eigenvalue weighted by atomic mass is 32.2. The van der Waals surface area contributed by atoms with Crippen LogP contribution < -0.4 is 5.32 Å². The molecule has 3 aliphatic rings. The van der Waals surface area contributed by atoms with Crippen molar-refractivity contribution in [3.8, 4) is 17.2 Å². The maximum Gasteiger partial charge on any atom is 0.262 e. The molecule has 0 saturated carbocycles. The van der Waals surface area contributed by atoms with E-state index in [9.17, 15) is 24.9 Å². The second kappa shape index (κ2) is 9.98. The van der Waals surface area contributed by atoms with Crippen LogP contribution in [-0.2, 0) is 9.59 Å². The average molecular weight is 477 g/mol. The van der Waals surface area contributed by atoms with Crippen LogP contribution in [0.25, 0.3) is 0 Å². The number of thioether (sulfide) groups is 1. The van der Waals surface area contributed by atoms with Crippen LogP contribution in [0.5, 0.6) is 17.2 Å². The first-order valence-electron chi connectivity index (χ1n) is 10.9. The Labute approximate surface area is 195 Å². The molecule has 12 heteroatoms. The highest BCUT2D eigenvalue weighted by Crippen LogP contribution is 2.39. The number of phenols is 3. The van der Waals surface area contributed by atoms with E-state index in [1.54, 1.807) is 5.01 Å². The maximum atomic E-state index is 12.3. The zero-order valence-corrected chi connectivity index (χ0v) is 19.2. The minimum absolute atomic E-state index is 0.0519. The normalized spacial score (nSPS) is 21.9. The lowest BCUT2D eigenvalue weighted by molar-refractivity contribution is -0.124. The van der Waals surface area contributed by atoms with Crippen molar-refractivity contribution in [2.24, 2.45) is 10.1 Å². The Morgan fingerprint density at radius 3 is 2.67 bits per heavy atom. The number of amides is 2. The lowest BCUT2D eigenvalue weighted by atomic mass is 10.1. The molecule has 1 fully saturated rings. The SMILES string of the molecule is CN1CCN(CCNC(=O)CC2SC(N3CCC(c4ccc(O)c(O)c4O)=N3)=NC2=O)CC1. The van der Waals surface area contributed by atoms with Gasteiger partial charge in [-0.2, -0.15) is 10.1 Å². The van der Waals surface area contributed by atoms with Gasteiger partial charge < -0.3 is 25.5 Å². The number of carbonyl (C=O) groups excluding carboxylic acids is 2. The molecule has 3 aliphatic heterocycles. The number of nitrogens with one attached hydrogen (secondary N) is 1. The number of benzene rings is 1. The first-order valence-corrected chi connectivity index (χ1v) is 11.8. The predicted molar refractivity (Wildman–Crippen MR) is 125 cm³/mol. The standard InChI is InChI=1S/C21H28N6O5S/c1-25-8-10-26(11-9-25)7-5-22-17(29)12-16-20(32)23-21(33-16)27-6-4-14(24-27)13-2-3-15(28)19(31)18(13)30/h2-3,16,28,30-31H,4-12H2,1H3,(H,22,29). The Hall–Kier alpha value is -2.83. The van der Waals surface area contributed by atoms with Gasteiger partial charge in [0.25, 0.3) is 5.91 Å². The quantitative estimate of drug-likeness (QED) is 0.416. The Morgan fingerprint density at radius 2 is 1.91 bits per heavy atom. The molecule has 1 aromatic carbocycles. The minimum atomic E-state index is -0.602. The molecule has 1 saturated heterocycles. The Morgan fingerprint density at radius 1 is 1.15 bits per heavy atom. The number of amidine groups is 1. The summed E-state index contributed by atoms with van der Waals surface area (Å²) < 4.78 is 0. The number of nitrogens with zero attached hydrogens (tertiary/aromatic N) is 5. The highest BCUT2D eigenvalue weighted by molar-refractivity contribution is 8.15. The van der Waals surface area contributed by atoms with Crippen LogP contribution in [0.1, 0.15) is 18.4 Å². The molecule has 1 atom stereocenters. The summed E-state index contributed by atoms with van der Waals surface area (Å²) in [5.41, 5.74) is 0.808. The number of likely N-dealkylation sites (N-methyl/N-ethyl adjacent to an activating group) is 1. The summed E-state index contributed by atoms with van der Waals surface area (Å²) in [7, 11) is 2.10. The molecule has 0 aromatic heterocycles. The summed E-state index contributed by atoms with van der Waals surface area (Å²) in [5.74, 6) is -2.01. The molecular weight excluding hydrogens is 448 g/mol. The Balaban J connectivity index is 1.27. The van der Waals surface area contributed by atoms with Gasteiger partial charge in [0, 0.05) is 64.2 Å². The van der Waals surface area contributed by atoms with Crippen molar-refractivity contribution >= 4 is 34.5 Å². The smallest absolute Gasteiger partial charge is 0.262 e. The van der Waals surface area contributed by atoms with Crippen molar-refractivity contribution in [1.82, 2.24) is 20.1 Å². The first kappa shape index (κ1) is 23.3. The number of rotatable bonds is 6. The first-order chi connectivity index (χ1) is 15.8. The summed E-state index contributed by atoms with van der Waals surface area (Å²) in [4.78, 5) is 33.3. The number of piperazine rings is 1. The second-order valence-corrected chi connectivity index (χ2v) is 9.46. The summed E-state index contributed by atoms with van der Waals surface area (Å²) in [6.45, 7) is 5.80. The van der Waals surface area contributed by atoms with Crippen LogP contribution >= 0.6 is 11.8 Å². The summed E-state index contributed by atoms with van der Waals surface area (Å²) in [5, 5.41) is 38.0. The van der Waals surface area contributed by atoms with E-state index < -0.39 is 22.5 Å². The van der Waals surface area contributed by atoms with Crippen LogP contribution in [0.2, 0.25) is 0 Å². The van der Waals surface area contributed by atoms with Gasteiger partial charge >= 0.3 is 0 Å². The number of hydrogen-bond acceptors (Lipinski definition) is 10. The van der Waals surface area contributed by atoms with Gasteiger partial charge in [-0.3, -0.25) is 14.5 Å². The molecule has 11 nitrogen and oxygen atoms in total. The van der Waals surface area contributed by atoms with Gasteiger partial charge in [-0.25, -0.2) is 5.01 Å². The molecule has 4 N–H and O–H groups in total. The van der Waals surface area contributed by atoms with Crippen molar-refractivity contribution in [3.05, 3.63) is 17.7 Å². The maximum absolute atomic E-state index is 12.3. The van der Waals surface area contributed by atoms with Gasteiger partial charge in [-0.15, -0.1) is 0 Å². The third kappa shape index (κ3) is 5.40. The monoisotopic (exact) mass is 476 g/mol. The summed E-state index contributed by atoms with van der Waals surface area (Å²) in [6.07, 6.45) is 0.513. The Bertz CT molecular complexity index is 992. The van der Waals surface area contributed by atoms with E-state index in [2.05, 4.69) is 32.3 Å². The molecule has 3 heterocycles. The fourth-order valence-electron chi connectivity index (χ4n) is 3.87. The van der Waals surface area contributed by atoms with Crippen molar-refractivity contribution in [2.45, 2.75) is 18.1 Å². The zero-order valence-electron chi connectivity index (χ0n) is 18.4. The fourth-order valence-corrected chi connectivity index (χ4v) is 4.91. The summed E-state index contributed by atoms with van der Waals surface area (Å²) >= 11 is 1.20. The molecule has 1 aromatic rings. The molecule has 1 unspecified atom stereocenters. The van der Waals surface area contributed by atoms with Gasteiger partial charge in [0.2, 0.25) is 11.7 Å². The van der Waals surface area contributed by atoms with E-state index in [0.29, 0.717) is 36.0 Å². The van der Waals surface area contributed by atoms with Crippen molar-refractivity contribution in [3.63, 3.8) is 0 Å². The number of aliphatic imine (C=N–C) groups is 1. The molecule has 0 aliphatic carbocycles. The van der Waals surface area contributed by atoms with Crippen LogP contribution in [-0.4, -0.2) is 111 Å². The molecule has 33 heavy (non-hydrogen) atoms. The molecule has 0 spiro atoms. The van der Waals surface area contributed by atoms with Crippen LogP contribution in [0, 0.1) is 0 Å². The molecule has 2 amide bonds. The Kier molecular flexibility index (Phi) is 7.05. The zero-order chi connectivity index (χ0) is 23.5. The molecule has 4 rings (SSSR count). The van der Waals surface area contributed by atoms with Crippen molar-refractivity contribution in [1.29, 1.82) is 0 Å². The van der Waals surface area contributed by atoms with Crippen LogP contribution in [0.15, 0.2) is 22.2 Å². The van der Waals surface area contributed by atoms with Gasteiger partial charge in [0.1, 0.15) is 5.25 Å². The highest BCUT2D eigenvalue weighted by Gasteiger charge is 2.35. The second-order valence-electron chi connectivity index (χ2n) is 8.29. The minimum Gasteiger partial charge on any atom is -0.504 e. The van der Waals surface area contributed by atoms with Crippen molar-refractivity contribution < 1.29 is 24.9 Å². The molecular formula is C21H28N6O5S. The van der Waals surface area contributed by atoms with Crippen LogP contribution in [0.3, 0.4) is 0 Å². The third-order valence-electron chi connectivity index (χ3n) is 5.91. The van der Waals surface area contributed by atoms with Gasteiger partial charge in [0.05, 0.1) is 5.71 Å². The largest absolute Gasteiger partial charge is 0.504 e. The van der Waals surface area contributed by atoms with Crippen molar-refractivity contribution in [2.75, 3.05) is 52.9 Å². The van der Waals surface area contributed by atoms with E-state index in [1.807, 2.05) is 0 Å². The number of aromatic hydroxyl groups is 3. The molecule has 0 radical (unpaired) electrons. The number of hydrogen-bond donors (Lipinski definition) is 4. The molecule has 0 bridgehead atoms. The van der Waals surface area contributed by atoms with Crippen LogP contribution in [0.4, 0.5) is 0 Å². The van der Waals surface area contributed by atoms with E-state index in [1.165, 1.54) is 23.9 Å². The van der Waals surface area contributed by atoms with E-state index in [0.717, 1.165) is 32.7 Å². The van der Waals surface area contributed by atoms with E-state index in [-0.39, 0.29) is 18.2 Å². The van der Waals surface area contributed by atoms with Gasteiger partial charge in [-0.05, 0) is 19.2 Å². The lowest BCUT2D eigenvalue weighted by Crippen LogP contribution is -2.47. The topological polar surface area (TPSA) is 141 Å². The van der Waals surface area contributed by atoms with Gasteiger partial charge in [-0.1, -0.05) is 11.8 Å². The predicted octanol–water partition coefficient (Wildman–Crippen LogP) is -0.0351. The molecule has 178 valence electrons. The third-order valence-corrected chi connectivity index (χ3v) is 7.07. The number of phenolic OH excluding ortho intramolecular Hbond substituents is 3. The van der Waals surface area contributed by atoms with Gasteiger partial charge in [0.15, 0.2) is 16.7 Å². The average Bonchev–Trinajstić information content (AvgIpc) is 3.41.